The first-order valence-electron chi connectivity index (χ1n) is 18.8. The van der Waals surface area contributed by atoms with E-state index in [1.807, 2.05) is 0 Å². The van der Waals surface area contributed by atoms with Crippen LogP contribution in [0.3, 0.4) is 0 Å². The van der Waals surface area contributed by atoms with E-state index < -0.39 is 0 Å². The Bertz CT molecular complexity index is 909. The SMILES string of the molecule is CCCCCCCCCCCCCCCCCC(=O)O[C@H]1CC[C@H]2[C@@H]3CC=C4C[C@@H](OC(C)=O)CC[C@]4(C)[C@H]3CC[C@]12C. The Morgan fingerprint density at radius 3 is 1.95 bits per heavy atom. The second kappa shape index (κ2) is 16.8. The Labute approximate surface area is 264 Å². The molecule has 0 aromatic heterocycles. The van der Waals surface area contributed by atoms with Gasteiger partial charge >= 0.3 is 11.9 Å². The molecule has 4 aliphatic carbocycles. The fraction of sp³-hybridized carbons (Fsp3) is 0.897. The lowest BCUT2D eigenvalue weighted by Crippen LogP contribution is -2.51. The number of ether oxygens (including phenoxy) is 2. The Morgan fingerprint density at radius 2 is 1.35 bits per heavy atom. The smallest absolute Gasteiger partial charge is 0.306 e. The van der Waals surface area contributed by atoms with Crippen LogP contribution in [0, 0.1) is 28.6 Å². The molecule has 3 saturated carbocycles. The van der Waals surface area contributed by atoms with Crippen LogP contribution in [0.4, 0.5) is 0 Å². The number of hydrogen-bond acceptors (Lipinski definition) is 4. The summed E-state index contributed by atoms with van der Waals surface area (Å²) < 4.78 is 11.9. The van der Waals surface area contributed by atoms with Crippen LogP contribution in [0.15, 0.2) is 11.6 Å². The Balaban J connectivity index is 1.10. The number of rotatable bonds is 18. The Kier molecular flexibility index (Phi) is 13.5. The molecule has 0 unspecified atom stereocenters. The second-order valence-corrected chi connectivity index (χ2v) is 15.5. The molecule has 4 nitrogen and oxygen atoms in total. The van der Waals surface area contributed by atoms with Crippen molar-refractivity contribution in [3.8, 4) is 0 Å². The van der Waals surface area contributed by atoms with E-state index in [1.165, 1.54) is 110 Å². The highest BCUT2D eigenvalue weighted by molar-refractivity contribution is 5.69. The number of unbranched alkanes of at least 4 members (excludes halogenated alkanes) is 14. The summed E-state index contributed by atoms with van der Waals surface area (Å²) in [6.45, 7) is 8.75. The van der Waals surface area contributed by atoms with Crippen LogP contribution in [-0.2, 0) is 19.1 Å². The van der Waals surface area contributed by atoms with E-state index in [-0.39, 0.29) is 35.0 Å². The molecule has 0 radical (unpaired) electrons. The monoisotopic (exact) mass is 598 g/mol. The van der Waals surface area contributed by atoms with Crippen LogP contribution < -0.4 is 0 Å². The van der Waals surface area contributed by atoms with Gasteiger partial charge in [0.25, 0.3) is 0 Å². The topological polar surface area (TPSA) is 52.6 Å². The molecule has 0 aliphatic heterocycles. The van der Waals surface area contributed by atoms with Gasteiger partial charge in [0.05, 0.1) is 0 Å². The highest BCUT2D eigenvalue weighted by atomic mass is 16.5. The largest absolute Gasteiger partial charge is 0.462 e. The van der Waals surface area contributed by atoms with Gasteiger partial charge in [-0.25, -0.2) is 0 Å². The van der Waals surface area contributed by atoms with Crippen molar-refractivity contribution in [3.05, 3.63) is 11.6 Å². The van der Waals surface area contributed by atoms with Gasteiger partial charge in [0, 0.05) is 25.2 Å². The number of allylic oxidation sites excluding steroid dienone is 1. The van der Waals surface area contributed by atoms with Crippen molar-refractivity contribution in [1.82, 2.24) is 0 Å². The molecule has 0 amide bonds. The van der Waals surface area contributed by atoms with Crippen molar-refractivity contribution < 1.29 is 19.1 Å². The molecule has 0 heterocycles. The molecule has 0 saturated heterocycles. The van der Waals surface area contributed by atoms with E-state index in [0.29, 0.717) is 24.2 Å². The molecule has 0 aromatic rings. The zero-order chi connectivity index (χ0) is 30.7. The summed E-state index contributed by atoms with van der Waals surface area (Å²) in [4.78, 5) is 24.5. The molecule has 0 spiro atoms. The van der Waals surface area contributed by atoms with E-state index in [9.17, 15) is 9.59 Å². The zero-order valence-corrected chi connectivity index (χ0v) is 28.6. The minimum Gasteiger partial charge on any atom is -0.462 e. The average Bonchev–Trinajstić information content (AvgIpc) is 3.30. The first-order chi connectivity index (χ1) is 20.8. The van der Waals surface area contributed by atoms with Gasteiger partial charge in [-0.2, -0.15) is 0 Å². The van der Waals surface area contributed by atoms with Crippen molar-refractivity contribution in [2.24, 2.45) is 28.6 Å². The Morgan fingerprint density at radius 1 is 0.744 bits per heavy atom. The Hall–Kier alpha value is -1.32. The molecule has 246 valence electrons. The predicted octanol–water partition coefficient (Wildman–Crippen LogP) is 11.1. The minimum atomic E-state index is -0.151. The molecule has 0 bridgehead atoms. The lowest BCUT2D eigenvalue weighted by Gasteiger charge is -2.57. The average molecular weight is 599 g/mol. The maximum absolute atomic E-state index is 12.9. The highest BCUT2D eigenvalue weighted by Gasteiger charge is 2.59. The van der Waals surface area contributed by atoms with Crippen LogP contribution in [0.5, 0.6) is 0 Å². The predicted molar refractivity (Wildman–Crippen MR) is 177 cm³/mol. The van der Waals surface area contributed by atoms with Gasteiger partial charge in [-0.15, -0.1) is 0 Å². The normalized spacial score (nSPS) is 33.2. The van der Waals surface area contributed by atoms with Crippen LogP contribution in [0.2, 0.25) is 0 Å². The van der Waals surface area contributed by atoms with E-state index in [0.717, 1.165) is 44.9 Å². The lowest BCUT2D eigenvalue weighted by molar-refractivity contribution is -0.159. The molecule has 4 heteroatoms. The van der Waals surface area contributed by atoms with E-state index in [4.69, 9.17) is 9.47 Å². The van der Waals surface area contributed by atoms with E-state index in [1.54, 1.807) is 5.57 Å². The summed E-state index contributed by atoms with van der Waals surface area (Å²) in [7, 11) is 0. The fourth-order valence-electron chi connectivity index (χ4n) is 9.97. The fourth-order valence-corrected chi connectivity index (χ4v) is 9.97. The number of esters is 2. The number of hydrogen-bond donors (Lipinski definition) is 0. The van der Waals surface area contributed by atoms with E-state index >= 15 is 0 Å². The standard InChI is InChI=1S/C39H66O4/c1-5-6-7-8-9-10-11-12-13-14-15-16-17-18-19-20-37(41)43-36-24-23-34-33-22-21-31-29-32(42-30(2)40)25-27-38(31,3)35(33)26-28-39(34,36)4/h21,32-36H,5-20,22-29H2,1-4H3/t32-,33-,34-,35-,36-,38-,39-/m0/s1. The summed E-state index contributed by atoms with van der Waals surface area (Å²) in [5.41, 5.74) is 1.91. The van der Waals surface area contributed by atoms with Gasteiger partial charge in [0.1, 0.15) is 12.2 Å². The first-order valence-corrected chi connectivity index (χ1v) is 18.8. The van der Waals surface area contributed by atoms with Crippen molar-refractivity contribution in [2.75, 3.05) is 0 Å². The maximum atomic E-state index is 12.9. The lowest BCUT2D eigenvalue weighted by atomic mass is 9.48. The highest BCUT2D eigenvalue weighted by Crippen LogP contribution is 2.65. The molecular weight excluding hydrogens is 532 g/mol. The number of fused-ring (bicyclic) bond motifs is 5. The van der Waals surface area contributed by atoms with Crippen LogP contribution >= 0.6 is 0 Å². The minimum absolute atomic E-state index is 0.0466. The third-order valence-corrected chi connectivity index (χ3v) is 12.6. The van der Waals surface area contributed by atoms with Crippen molar-refractivity contribution in [2.45, 2.75) is 194 Å². The molecule has 3 fully saturated rings. The molecular formula is C39H66O4. The van der Waals surface area contributed by atoms with E-state index in [2.05, 4.69) is 26.8 Å². The maximum Gasteiger partial charge on any atom is 0.306 e. The summed E-state index contributed by atoms with van der Waals surface area (Å²) in [5, 5.41) is 0. The van der Waals surface area contributed by atoms with Crippen LogP contribution in [0.1, 0.15) is 182 Å². The summed E-state index contributed by atoms with van der Waals surface area (Å²) >= 11 is 0. The summed E-state index contributed by atoms with van der Waals surface area (Å²) in [5.74, 6) is 1.94. The number of carbonyl (C=O) groups excluding carboxylic acids is 2. The third-order valence-electron chi connectivity index (χ3n) is 12.6. The number of carbonyl (C=O) groups is 2. The van der Waals surface area contributed by atoms with Crippen LogP contribution in [-0.4, -0.2) is 24.1 Å². The van der Waals surface area contributed by atoms with Gasteiger partial charge in [-0.1, -0.05) is 122 Å². The molecule has 4 aliphatic rings. The second-order valence-electron chi connectivity index (χ2n) is 15.5. The van der Waals surface area contributed by atoms with Gasteiger partial charge in [0.15, 0.2) is 0 Å². The quantitative estimate of drug-likeness (QED) is 0.0894. The molecule has 4 rings (SSSR count). The third kappa shape index (κ3) is 9.12. The van der Waals surface area contributed by atoms with Crippen molar-refractivity contribution in [3.63, 3.8) is 0 Å². The zero-order valence-electron chi connectivity index (χ0n) is 28.6. The summed E-state index contributed by atoms with van der Waals surface area (Å²) in [6.07, 6.45) is 32.2. The molecule has 43 heavy (non-hydrogen) atoms. The van der Waals surface area contributed by atoms with Gasteiger partial charge < -0.3 is 9.47 Å². The first kappa shape index (κ1) is 34.6. The van der Waals surface area contributed by atoms with Crippen molar-refractivity contribution in [1.29, 1.82) is 0 Å². The van der Waals surface area contributed by atoms with Crippen molar-refractivity contribution >= 4 is 11.9 Å². The van der Waals surface area contributed by atoms with Gasteiger partial charge in [-0.3, -0.25) is 9.59 Å². The van der Waals surface area contributed by atoms with Crippen LogP contribution in [0.25, 0.3) is 0 Å². The van der Waals surface area contributed by atoms with Gasteiger partial charge in [-0.05, 0) is 74.5 Å². The molecule has 7 atom stereocenters. The molecule has 0 aromatic carbocycles. The van der Waals surface area contributed by atoms with Gasteiger partial charge in [0.2, 0.25) is 0 Å². The summed E-state index contributed by atoms with van der Waals surface area (Å²) in [6, 6.07) is 0. The molecule has 0 N–H and O–H groups in total.